The lowest BCUT2D eigenvalue weighted by Gasteiger charge is -2.34. The van der Waals surface area contributed by atoms with Crippen molar-refractivity contribution in [1.29, 1.82) is 0 Å². The Morgan fingerprint density at radius 3 is 2.57 bits per heavy atom. The van der Waals surface area contributed by atoms with Crippen molar-refractivity contribution in [1.82, 2.24) is 24.0 Å². The summed E-state index contributed by atoms with van der Waals surface area (Å²) in [6.45, 7) is 4.91. The van der Waals surface area contributed by atoms with E-state index in [1.165, 1.54) is 4.31 Å². The second-order valence-corrected chi connectivity index (χ2v) is 9.35. The maximum absolute atomic E-state index is 12.9. The van der Waals surface area contributed by atoms with Crippen molar-refractivity contribution in [3.05, 3.63) is 52.8 Å². The number of rotatable bonds is 4. The van der Waals surface area contributed by atoms with Crippen LogP contribution in [0.4, 0.5) is 0 Å². The lowest BCUT2D eigenvalue weighted by molar-refractivity contribution is 0.181. The lowest BCUT2D eigenvalue weighted by atomic mass is 10.2. The van der Waals surface area contributed by atoms with Crippen molar-refractivity contribution in [3.8, 4) is 0 Å². The molecule has 1 saturated heterocycles. The maximum atomic E-state index is 12.9. The van der Waals surface area contributed by atoms with E-state index >= 15 is 0 Å². The van der Waals surface area contributed by atoms with Gasteiger partial charge in [-0.2, -0.15) is 9.40 Å². The smallest absolute Gasteiger partial charge is 0.244 e. The highest BCUT2D eigenvalue weighted by molar-refractivity contribution is 7.89. The summed E-state index contributed by atoms with van der Waals surface area (Å²) in [7, 11) is -1.68. The Balaban J connectivity index is 1.45. The van der Waals surface area contributed by atoms with Crippen molar-refractivity contribution in [3.63, 3.8) is 0 Å². The van der Waals surface area contributed by atoms with Crippen LogP contribution in [0.15, 0.2) is 41.4 Å². The van der Waals surface area contributed by atoms with Crippen molar-refractivity contribution < 1.29 is 8.42 Å². The number of aromatic nitrogens is 3. The molecule has 0 saturated carbocycles. The normalized spacial score (nSPS) is 16.7. The summed E-state index contributed by atoms with van der Waals surface area (Å²) >= 11 is 6.10. The van der Waals surface area contributed by atoms with E-state index in [1.807, 2.05) is 20.2 Å². The Hall–Kier alpha value is -2.00. The van der Waals surface area contributed by atoms with E-state index in [-0.39, 0.29) is 9.92 Å². The van der Waals surface area contributed by atoms with E-state index in [0.29, 0.717) is 26.2 Å². The quantitative estimate of drug-likeness (QED) is 0.649. The van der Waals surface area contributed by atoms with Crippen LogP contribution < -0.4 is 0 Å². The van der Waals surface area contributed by atoms with Gasteiger partial charge in [-0.1, -0.05) is 23.7 Å². The molecule has 148 valence electrons. The molecular formula is C19H22ClN5O2S. The molecule has 7 nitrogen and oxygen atoms in total. The number of hydrogen-bond acceptors (Lipinski definition) is 5. The number of aryl methyl sites for hydroxylation is 2. The van der Waals surface area contributed by atoms with Crippen molar-refractivity contribution in [2.24, 2.45) is 7.05 Å². The molecule has 28 heavy (non-hydrogen) atoms. The van der Waals surface area contributed by atoms with Gasteiger partial charge in [0.25, 0.3) is 0 Å². The molecule has 0 spiro atoms. The fraction of sp³-hybridized carbons (Fsp3) is 0.368. The first kappa shape index (κ1) is 19.3. The minimum atomic E-state index is -3.57. The third-order valence-electron chi connectivity index (χ3n) is 5.11. The zero-order chi connectivity index (χ0) is 19.9. The summed E-state index contributed by atoms with van der Waals surface area (Å²) in [5, 5.41) is 5.72. The average molecular weight is 420 g/mol. The molecule has 0 N–H and O–H groups in total. The number of benzene rings is 1. The van der Waals surface area contributed by atoms with Gasteiger partial charge in [-0.3, -0.25) is 9.58 Å². The Labute approximate surface area is 169 Å². The number of halogens is 1. The average Bonchev–Trinajstić information content (AvgIpc) is 2.96. The molecule has 1 aliphatic heterocycles. The first-order valence-electron chi connectivity index (χ1n) is 9.11. The SMILES string of the molecule is Cc1nn(C)c2ncc(CN3CCN(S(=O)(=O)c4ccccc4Cl)CC3)cc12. The molecule has 1 aliphatic rings. The van der Waals surface area contributed by atoms with Crippen LogP contribution in [0.3, 0.4) is 0 Å². The minimum absolute atomic E-state index is 0.173. The summed E-state index contributed by atoms with van der Waals surface area (Å²) < 4.78 is 29.0. The highest BCUT2D eigenvalue weighted by atomic mass is 35.5. The van der Waals surface area contributed by atoms with Gasteiger partial charge >= 0.3 is 0 Å². The predicted octanol–water partition coefficient (Wildman–Crippen LogP) is 2.44. The first-order valence-corrected chi connectivity index (χ1v) is 10.9. The molecule has 4 rings (SSSR count). The van der Waals surface area contributed by atoms with Crippen molar-refractivity contribution in [2.75, 3.05) is 26.2 Å². The molecule has 0 aliphatic carbocycles. The van der Waals surface area contributed by atoms with Gasteiger partial charge in [0.1, 0.15) is 4.90 Å². The molecule has 1 fully saturated rings. The summed E-state index contributed by atoms with van der Waals surface area (Å²) in [4.78, 5) is 6.94. The number of hydrogen-bond donors (Lipinski definition) is 0. The van der Waals surface area contributed by atoms with E-state index in [2.05, 4.69) is 21.0 Å². The van der Waals surface area contributed by atoms with Gasteiger partial charge in [-0.15, -0.1) is 0 Å². The second kappa shape index (κ2) is 7.44. The summed E-state index contributed by atoms with van der Waals surface area (Å²) in [5.74, 6) is 0. The number of pyridine rings is 1. The Morgan fingerprint density at radius 2 is 1.86 bits per heavy atom. The first-order chi connectivity index (χ1) is 13.4. The van der Waals surface area contributed by atoms with Gasteiger partial charge in [-0.05, 0) is 30.7 Å². The van der Waals surface area contributed by atoms with E-state index in [9.17, 15) is 8.42 Å². The molecular weight excluding hydrogens is 398 g/mol. The zero-order valence-corrected chi connectivity index (χ0v) is 17.4. The zero-order valence-electron chi connectivity index (χ0n) is 15.8. The third-order valence-corrected chi connectivity index (χ3v) is 7.51. The molecule has 3 aromatic rings. The summed E-state index contributed by atoms with van der Waals surface area (Å²) in [6.07, 6.45) is 1.87. The van der Waals surface area contributed by atoms with E-state index in [0.717, 1.165) is 28.8 Å². The fourth-order valence-electron chi connectivity index (χ4n) is 3.62. The molecule has 0 unspecified atom stereocenters. The second-order valence-electron chi connectivity index (χ2n) is 7.03. The van der Waals surface area contributed by atoms with Crippen molar-refractivity contribution in [2.45, 2.75) is 18.4 Å². The van der Waals surface area contributed by atoms with Gasteiger partial charge in [0.15, 0.2) is 5.65 Å². The summed E-state index contributed by atoms with van der Waals surface area (Å²) in [6, 6.07) is 8.71. The molecule has 2 aromatic heterocycles. The third kappa shape index (κ3) is 3.53. The number of piperazine rings is 1. The molecule has 3 heterocycles. The number of fused-ring (bicyclic) bond motifs is 1. The summed E-state index contributed by atoms with van der Waals surface area (Å²) in [5.41, 5.74) is 2.94. The Morgan fingerprint density at radius 1 is 1.14 bits per heavy atom. The van der Waals surface area contributed by atoms with Crippen LogP contribution in [0.2, 0.25) is 5.02 Å². The standard InChI is InChI=1S/C19H22ClN5O2S/c1-14-16-11-15(12-21-19(16)23(2)22-14)13-24-7-9-25(10-8-24)28(26,27)18-6-4-3-5-17(18)20/h3-6,11-12H,7-10,13H2,1-2H3. The largest absolute Gasteiger partial charge is 0.296 e. The molecule has 0 bridgehead atoms. The van der Waals surface area contributed by atoms with Gasteiger partial charge in [-0.25, -0.2) is 13.4 Å². The molecule has 1 aromatic carbocycles. The van der Waals surface area contributed by atoms with Gasteiger partial charge in [0, 0.05) is 51.4 Å². The van der Waals surface area contributed by atoms with Crippen molar-refractivity contribution >= 4 is 32.7 Å². The molecule has 9 heteroatoms. The van der Waals surface area contributed by atoms with Crippen LogP contribution in [0.25, 0.3) is 11.0 Å². The molecule has 0 atom stereocenters. The maximum Gasteiger partial charge on any atom is 0.244 e. The van der Waals surface area contributed by atoms with Crippen LogP contribution in [-0.2, 0) is 23.6 Å². The fourth-order valence-corrected chi connectivity index (χ4v) is 5.53. The number of sulfonamides is 1. The molecule has 0 amide bonds. The number of nitrogens with zero attached hydrogens (tertiary/aromatic N) is 5. The molecule has 0 radical (unpaired) electrons. The van der Waals surface area contributed by atoms with Gasteiger partial charge < -0.3 is 0 Å². The highest BCUT2D eigenvalue weighted by Crippen LogP contribution is 2.25. The van der Waals surface area contributed by atoms with Gasteiger partial charge in [0.05, 0.1) is 10.7 Å². The monoisotopic (exact) mass is 419 g/mol. The van der Waals surface area contributed by atoms with E-state index < -0.39 is 10.0 Å². The van der Waals surface area contributed by atoms with Crippen LogP contribution in [0.1, 0.15) is 11.3 Å². The van der Waals surface area contributed by atoms with Crippen LogP contribution in [0, 0.1) is 6.92 Å². The van der Waals surface area contributed by atoms with Gasteiger partial charge in [0.2, 0.25) is 10.0 Å². The van der Waals surface area contributed by atoms with E-state index in [1.54, 1.807) is 28.9 Å². The Kier molecular flexibility index (Phi) is 5.13. The topological polar surface area (TPSA) is 71.3 Å². The van der Waals surface area contributed by atoms with Crippen LogP contribution >= 0.6 is 11.6 Å². The highest BCUT2D eigenvalue weighted by Gasteiger charge is 2.29. The van der Waals surface area contributed by atoms with Crippen LogP contribution in [-0.4, -0.2) is 58.6 Å². The predicted molar refractivity (Wildman–Crippen MR) is 109 cm³/mol. The van der Waals surface area contributed by atoms with E-state index in [4.69, 9.17) is 11.6 Å². The lowest BCUT2D eigenvalue weighted by Crippen LogP contribution is -2.48. The van der Waals surface area contributed by atoms with Crippen LogP contribution in [0.5, 0.6) is 0 Å². The Bertz CT molecular complexity index is 1120. The minimum Gasteiger partial charge on any atom is -0.296 e.